The zero-order chi connectivity index (χ0) is 19.4. The highest BCUT2D eigenvalue weighted by molar-refractivity contribution is 7.89. The van der Waals surface area contributed by atoms with E-state index in [1.165, 1.54) is 0 Å². The Bertz CT molecular complexity index is 674. The van der Waals surface area contributed by atoms with Crippen LogP contribution in [0.15, 0.2) is 12.3 Å². The van der Waals surface area contributed by atoms with Gasteiger partial charge in [-0.3, -0.25) is 14.8 Å². The van der Waals surface area contributed by atoms with Crippen LogP contribution in [0.5, 0.6) is 0 Å². The van der Waals surface area contributed by atoms with Crippen LogP contribution >= 0.6 is 0 Å². The monoisotopic (exact) mass is 386 g/mol. The first-order chi connectivity index (χ1) is 12.1. The van der Waals surface area contributed by atoms with Gasteiger partial charge in [0, 0.05) is 37.6 Å². The lowest BCUT2D eigenvalue weighted by atomic mass is 10.0. The molecule has 1 aromatic rings. The quantitative estimate of drug-likeness (QED) is 0.711. The number of carbonyl (C=O) groups excluding carboxylic acids is 1. The number of nitrogens with zero attached hydrogens (tertiary/aromatic N) is 3. The van der Waals surface area contributed by atoms with Crippen LogP contribution in [0.25, 0.3) is 0 Å². The molecule has 0 radical (unpaired) electrons. The smallest absolute Gasteiger partial charge is 0.320 e. The van der Waals surface area contributed by atoms with Crippen LogP contribution in [-0.4, -0.2) is 70.8 Å². The van der Waals surface area contributed by atoms with E-state index in [1.807, 2.05) is 26.8 Å². The summed E-state index contributed by atoms with van der Waals surface area (Å²) in [6, 6.07) is 1.99. The number of sulfonamides is 1. The third-order valence-electron chi connectivity index (χ3n) is 4.38. The minimum Gasteiger partial charge on any atom is -0.459 e. The molecule has 2 rings (SSSR count). The maximum atomic E-state index is 12.3. The maximum absolute atomic E-state index is 12.3. The molecule has 1 aromatic heterocycles. The van der Waals surface area contributed by atoms with Crippen molar-refractivity contribution in [2.24, 2.45) is 0 Å². The summed E-state index contributed by atoms with van der Waals surface area (Å²) in [5, 5.41) is 6.88. The van der Waals surface area contributed by atoms with Gasteiger partial charge < -0.3 is 4.74 Å². The topological polar surface area (TPSA) is 95.6 Å². The number of hydrogen-bond donors (Lipinski definition) is 1. The van der Waals surface area contributed by atoms with Crippen molar-refractivity contribution in [1.82, 2.24) is 19.4 Å². The van der Waals surface area contributed by atoms with Crippen LogP contribution in [0, 0.1) is 0 Å². The average molecular weight is 387 g/mol. The summed E-state index contributed by atoms with van der Waals surface area (Å²) in [7, 11) is -3.16. The van der Waals surface area contributed by atoms with Crippen LogP contribution in [-0.2, 0) is 26.1 Å². The van der Waals surface area contributed by atoms with Gasteiger partial charge in [-0.1, -0.05) is 0 Å². The Labute approximate surface area is 155 Å². The Hall–Kier alpha value is -1.45. The highest BCUT2D eigenvalue weighted by atomic mass is 32.2. The highest BCUT2D eigenvalue weighted by Crippen LogP contribution is 2.21. The molecule has 8 nitrogen and oxygen atoms in total. The molecule has 2 heterocycles. The Balaban J connectivity index is 2.03. The molecule has 0 unspecified atom stereocenters. The number of esters is 1. The van der Waals surface area contributed by atoms with Crippen molar-refractivity contribution in [2.45, 2.75) is 58.7 Å². The molecular formula is C17H30N4O4S. The van der Waals surface area contributed by atoms with Crippen molar-refractivity contribution < 1.29 is 17.9 Å². The molecule has 0 saturated carbocycles. The summed E-state index contributed by atoms with van der Waals surface area (Å²) in [5.74, 6) is -0.159. The van der Waals surface area contributed by atoms with E-state index < -0.39 is 15.6 Å². The SMILES string of the molecule is CCS(=O)(=O)N1CCC(N(CC(=O)OC(C)(C)C)Cc2ccn[nH]2)CC1. The summed E-state index contributed by atoms with van der Waals surface area (Å²) in [5.41, 5.74) is 0.382. The lowest BCUT2D eigenvalue weighted by Gasteiger charge is -2.37. The first-order valence-electron chi connectivity index (χ1n) is 9.02. The van der Waals surface area contributed by atoms with Gasteiger partial charge in [0.2, 0.25) is 10.0 Å². The van der Waals surface area contributed by atoms with Crippen molar-refractivity contribution in [3.05, 3.63) is 18.0 Å². The lowest BCUT2D eigenvalue weighted by Crippen LogP contribution is -2.48. The second kappa shape index (κ2) is 8.49. The van der Waals surface area contributed by atoms with Gasteiger partial charge in [0.15, 0.2) is 0 Å². The summed E-state index contributed by atoms with van der Waals surface area (Å²) >= 11 is 0. The van der Waals surface area contributed by atoms with E-state index in [1.54, 1.807) is 17.4 Å². The number of rotatable bonds is 7. The van der Waals surface area contributed by atoms with E-state index in [0.717, 1.165) is 5.69 Å². The van der Waals surface area contributed by atoms with E-state index >= 15 is 0 Å². The largest absolute Gasteiger partial charge is 0.459 e. The van der Waals surface area contributed by atoms with E-state index in [-0.39, 0.29) is 24.3 Å². The van der Waals surface area contributed by atoms with Crippen LogP contribution in [0.3, 0.4) is 0 Å². The van der Waals surface area contributed by atoms with Crippen LogP contribution in [0.4, 0.5) is 0 Å². The van der Waals surface area contributed by atoms with E-state index in [0.29, 0.717) is 32.5 Å². The summed E-state index contributed by atoms with van der Waals surface area (Å²) in [4.78, 5) is 14.4. The maximum Gasteiger partial charge on any atom is 0.320 e. The van der Waals surface area contributed by atoms with Crippen LogP contribution < -0.4 is 0 Å². The molecule has 0 bridgehead atoms. The second-order valence-electron chi connectivity index (χ2n) is 7.60. The van der Waals surface area contributed by atoms with Crippen molar-refractivity contribution in [2.75, 3.05) is 25.4 Å². The number of H-pyrrole nitrogens is 1. The van der Waals surface area contributed by atoms with Gasteiger partial charge in [-0.15, -0.1) is 0 Å². The number of aromatic amines is 1. The van der Waals surface area contributed by atoms with E-state index in [2.05, 4.69) is 15.1 Å². The Morgan fingerprint density at radius 2 is 2.04 bits per heavy atom. The van der Waals surface area contributed by atoms with Crippen LogP contribution in [0.1, 0.15) is 46.2 Å². The molecule has 1 N–H and O–H groups in total. The first-order valence-corrected chi connectivity index (χ1v) is 10.6. The third kappa shape index (κ3) is 6.07. The van der Waals surface area contributed by atoms with Gasteiger partial charge in [0.25, 0.3) is 0 Å². The van der Waals surface area contributed by atoms with Gasteiger partial charge in [-0.25, -0.2) is 12.7 Å². The first kappa shape index (κ1) is 20.9. The minimum absolute atomic E-state index is 0.118. The third-order valence-corrected chi connectivity index (χ3v) is 6.26. The standard InChI is InChI=1S/C17H30N4O4S/c1-5-26(23,24)21-10-7-15(8-11-21)20(12-14-6-9-18-19-14)13-16(22)25-17(2,3)4/h6,9,15H,5,7-8,10-13H2,1-4H3,(H,18,19). The van der Waals surface area contributed by atoms with E-state index in [9.17, 15) is 13.2 Å². The lowest BCUT2D eigenvalue weighted by molar-refractivity contribution is -0.157. The molecule has 0 atom stereocenters. The van der Waals surface area contributed by atoms with Crippen molar-refractivity contribution in [1.29, 1.82) is 0 Å². The normalized spacial score (nSPS) is 17.6. The van der Waals surface area contributed by atoms with Crippen molar-refractivity contribution in [3.8, 4) is 0 Å². The predicted molar refractivity (Wildman–Crippen MR) is 98.9 cm³/mol. The molecule has 148 valence electrons. The molecule has 1 fully saturated rings. The fourth-order valence-corrected chi connectivity index (χ4v) is 4.25. The Morgan fingerprint density at radius 1 is 1.38 bits per heavy atom. The average Bonchev–Trinajstić information content (AvgIpc) is 3.05. The number of hydrogen-bond acceptors (Lipinski definition) is 6. The number of carbonyl (C=O) groups is 1. The van der Waals surface area contributed by atoms with Gasteiger partial charge in [0.05, 0.1) is 12.3 Å². The Morgan fingerprint density at radius 3 is 2.54 bits per heavy atom. The van der Waals surface area contributed by atoms with Gasteiger partial charge >= 0.3 is 5.97 Å². The molecular weight excluding hydrogens is 356 g/mol. The fraction of sp³-hybridized carbons (Fsp3) is 0.765. The highest BCUT2D eigenvalue weighted by Gasteiger charge is 2.31. The van der Waals surface area contributed by atoms with Crippen LogP contribution in [0.2, 0.25) is 0 Å². The number of aromatic nitrogens is 2. The molecule has 0 aliphatic carbocycles. The molecule has 0 aromatic carbocycles. The van der Waals surface area contributed by atoms with Gasteiger partial charge in [-0.05, 0) is 46.6 Å². The summed E-state index contributed by atoms with van der Waals surface area (Å²) in [6.45, 7) is 8.87. The van der Waals surface area contributed by atoms with E-state index in [4.69, 9.17) is 4.74 Å². The zero-order valence-corrected chi connectivity index (χ0v) is 16.9. The zero-order valence-electron chi connectivity index (χ0n) is 16.1. The molecule has 0 amide bonds. The van der Waals surface area contributed by atoms with Crippen molar-refractivity contribution >= 4 is 16.0 Å². The molecule has 1 aliphatic rings. The Kier molecular flexibility index (Phi) is 6.81. The van der Waals surface area contributed by atoms with Gasteiger partial charge in [-0.2, -0.15) is 5.10 Å². The molecule has 1 saturated heterocycles. The number of nitrogens with one attached hydrogen (secondary N) is 1. The fourth-order valence-electron chi connectivity index (χ4n) is 3.11. The van der Waals surface area contributed by atoms with Gasteiger partial charge in [0.1, 0.15) is 5.60 Å². The molecule has 0 spiro atoms. The number of ether oxygens (including phenoxy) is 1. The summed E-state index contributed by atoms with van der Waals surface area (Å²) < 4.78 is 31.1. The number of piperidine rings is 1. The second-order valence-corrected chi connectivity index (χ2v) is 9.86. The molecule has 9 heteroatoms. The summed E-state index contributed by atoms with van der Waals surface area (Å²) in [6.07, 6.45) is 3.06. The van der Waals surface area contributed by atoms with Crippen molar-refractivity contribution in [3.63, 3.8) is 0 Å². The molecule has 1 aliphatic heterocycles. The predicted octanol–water partition coefficient (Wildman–Crippen LogP) is 1.37. The minimum atomic E-state index is -3.16. The molecule has 26 heavy (non-hydrogen) atoms.